The van der Waals surface area contributed by atoms with Crippen molar-refractivity contribution in [2.24, 2.45) is 0 Å². The maximum absolute atomic E-state index is 12.2. The number of rotatable bonds is 11. The molecule has 0 unspecified atom stereocenters. The SMILES string of the molecule is CCCCc1nc(-c2ccc(OCC(=O)Nc3ccc(OCC)cc3[N+](=O)[O-])cc2)no1. The molecule has 10 nitrogen and oxygen atoms in total. The van der Waals surface area contributed by atoms with Crippen molar-refractivity contribution >= 4 is 17.3 Å². The second-order valence-electron chi connectivity index (χ2n) is 6.85. The van der Waals surface area contributed by atoms with Crippen LogP contribution in [0.15, 0.2) is 47.0 Å². The van der Waals surface area contributed by atoms with Crippen LogP contribution in [-0.4, -0.2) is 34.2 Å². The molecule has 0 spiro atoms. The molecule has 0 saturated heterocycles. The average molecular weight is 440 g/mol. The molecule has 0 atom stereocenters. The molecule has 0 fully saturated rings. The van der Waals surface area contributed by atoms with Crippen molar-refractivity contribution in [1.82, 2.24) is 10.1 Å². The molecule has 32 heavy (non-hydrogen) atoms. The van der Waals surface area contributed by atoms with Gasteiger partial charge in [-0.1, -0.05) is 18.5 Å². The number of benzene rings is 2. The molecule has 2 aromatic carbocycles. The molecule has 0 bridgehead atoms. The van der Waals surface area contributed by atoms with Gasteiger partial charge in [0.05, 0.1) is 17.6 Å². The summed E-state index contributed by atoms with van der Waals surface area (Å²) in [4.78, 5) is 27.3. The summed E-state index contributed by atoms with van der Waals surface area (Å²) in [5.41, 5.74) is 0.573. The largest absolute Gasteiger partial charge is 0.494 e. The van der Waals surface area contributed by atoms with Gasteiger partial charge in [0.2, 0.25) is 11.7 Å². The Morgan fingerprint density at radius 1 is 1.12 bits per heavy atom. The van der Waals surface area contributed by atoms with Gasteiger partial charge < -0.3 is 19.3 Å². The first-order valence-electron chi connectivity index (χ1n) is 10.3. The minimum Gasteiger partial charge on any atom is -0.494 e. The Morgan fingerprint density at radius 3 is 2.56 bits per heavy atom. The normalized spacial score (nSPS) is 10.6. The second kappa shape index (κ2) is 10.9. The van der Waals surface area contributed by atoms with E-state index in [0.717, 1.165) is 24.8 Å². The number of nitro benzene ring substituents is 1. The fourth-order valence-electron chi connectivity index (χ4n) is 2.86. The van der Waals surface area contributed by atoms with E-state index in [-0.39, 0.29) is 18.0 Å². The van der Waals surface area contributed by atoms with Gasteiger partial charge in [0.1, 0.15) is 17.2 Å². The zero-order valence-corrected chi connectivity index (χ0v) is 17.9. The summed E-state index contributed by atoms with van der Waals surface area (Å²) >= 11 is 0. The van der Waals surface area contributed by atoms with E-state index in [1.165, 1.54) is 12.1 Å². The van der Waals surface area contributed by atoms with Crippen molar-refractivity contribution in [3.8, 4) is 22.9 Å². The smallest absolute Gasteiger partial charge is 0.296 e. The lowest BCUT2D eigenvalue weighted by Crippen LogP contribution is -2.20. The molecule has 1 heterocycles. The van der Waals surface area contributed by atoms with E-state index in [1.807, 2.05) is 0 Å². The summed E-state index contributed by atoms with van der Waals surface area (Å²) in [7, 11) is 0. The van der Waals surface area contributed by atoms with Crippen molar-refractivity contribution in [1.29, 1.82) is 0 Å². The Balaban J connectivity index is 1.57. The number of anilines is 1. The summed E-state index contributed by atoms with van der Waals surface area (Å²) in [6.07, 6.45) is 2.77. The Labute approximate surface area is 184 Å². The number of carbonyl (C=O) groups is 1. The van der Waals surface area contributed by atoms with E-state index < -0.39 is 10.8 Å². The summed E-state index contributed by atoms with van der Waals surface area (Å²) in [5.74, 6) is 1.37. The highest BCUT2D eigenvalue weighted by atomic mass is 16.6. The number of amides is 1. The predicted molar refractivity (Wildman–Crippen MR) is 117 cm³/mol. The van der Waals surface area contributed by atoms with Crippen LogP contribution in [0.1, 0.15) is 32.6 Å². The number of nitro groups is 1. The Morgan fingerprint density at radius 2 is 1.88 bits per heavy atom. The number of aryl methyl sites for hydroxylation is 1. The van der Waals surface area contributed by atoms with Gasteiger partial charge in [-0.05, 0) is 49.7 Å². The number of aromatic nitrogens is 2. The van der Waals surface area contributed by atoms with Crippen LogP contribution < -0.4 is 14.8 Å². The molecule has 0 radical (unpaired) electrons. The van der Waals surface area contributed by atoms with Crippen LogP contribution in [0, 0.1) is 10.1 Å². The molecule has 0 aliphatic rings. The molecule has 1 amide bonds. The van der Waals surface area contributed by atoms with E-state index in [4.69, 9.17) is 14.0 Å². The van der Waals surface area contributed by atoms with Gasteiger partial charge in [-0.15, -0.1) is 0 Å². The number of hydrogen-bond acceptors (Lipinski definition) is 8. The summed E-state index contributed by atoms with van der Waals surface area (Å²) in [6.45, 7) is 3.93. The lowest BCUT2D eigenvalue weighted by molar-refractivity contribution is -0.384. The van der Waals surface area contributed by atoms with Crippen LogP contribution in [0.3, 0.4) is 0 Å². The Hall–Kier alpha value is -3.95. The first-order chi connectivity index (χ1) is 15.5. The standard InChI is InChI=1S/C22H24N4O6/c1-3-5-6-21-24-22(25-32-21)15-7-9-16(10-8-15)31-14-20(27)23-18-12-11-17(30-4-2)13-19(18)26(28)29/h7-13H,3-6,14H2,1-2H3,(H,23,27). The van der Waals surface area contributed by atoms with Crippen LogP contribution in [0.25, 0.3) is 11.4 Å². The summed E-state index contributed by atoms with van der Waals surface area (Å²) < 4.78 is 16.0. The molecule has 10 heteroatoms. The molecule has 0 aliphatic carbocycles. The highest BCUT2D eigenvalue weighted by Crippen LogP contribution is 2.29. The fraction of sp³-hybridized carbons (Fsp3) is 0.318. The number of carbonyl (C=O) groups excluding carboxylic acids is 1. The molecular weight excluding hydrogens is 416 g/mol. The first kappa shape index (κ1) is 22.7. The molecular formula is C22H24N4O6. The molecule has 1 aromatic heterocycles. The first-order valence-corrected chi connectivity index (χ1v) is 10.3. The highest BCUT2D eigenvalue weighted by Gasteiger charge is 2.18. The number of hydrogen-bond donors (Lipinski definition) is 1. The molecule has 0 aliphatic heterocycles. The maximum Gasteiger partial charge on any atom is 0.296 e. The molecule has 3 rings (SSSR count). The average Bonchev–Trinajstić information content (AvgIpc) is 3.26. The Kier molecular flexibility index (Phi) is 7.74. The third-order valence-corrected chi connectivity index (χ3v) is 4.45. The van der Waals surface area contributed by atoms with Crippen LogP contribution >= 0.6 is 0 Å². The van der Waals surface area contributed by atoms with Gasteiger partial charge in [0, 0.05) is 12.0 Å². The minimum absolute atomic E-state index is 0.0679. The van der Waals surface area contributed by atoms with E-state index in [9.17, 15) is 14.9 Å². The molecule has 1 N–H and O–H groups in total. The fourth-order valence-corrected chi connectivity index (χ4v) is 2.86. The van der Waals surface area contributed by atoms with E-state index in [2.05, 4.69) is 22.4 Å². The van der Waals surface area contributed by atoms with E-state index in [1.54, 1.807) is 37.3 Å². The lowest BCUT2D eigenvalue weighted by atomic mass is 10.2. The van der Waals surface area contributed by atoms with Crippen molar-refractivity contribution in [3.05, 3.63) is 58.5 Å². The van der Waals surface area contributed by atoms with E-state index >= 15 is 0 Å². The van der Waals surface area contributed by atoms with Gasteiger partial charge in [0.25, 0.3) is 11.6 Å². The topological polar surface area (TPSA) is 130 Å². The molecule has 0 saturated carbocycles. The summed E-state index contributed by atoms with van der Waals surface area (Å²) in [6, 6.07) is 11.1. The zero-order valence-electron chi connectivity index (χ0n) is 17.9. The highest BCUT2D eigenvalue weighted by molar-refractivity contribution is 5.94. The number of nitrogens with one attached hydrogen (secondary N) is 1. The number of ether oxygens (including phenoxy) is 2. The van der Waals surface area contributed by atoms with Crippen molar-refractivity contribution in [2.75, 3.05) is 18.5 Å². The summed E-state index contributed by atoms with van der Waals surface area (Å²) in [5, 5.41) is 17.8. The van der Waals surface area contributed by atoms with Crippen LogP contribution in [0.4, 0.5) is 11.4 Å². The van der Waals surface area contributed by atoms with Crippen molar-refractivity contribution in [3.63, 3.8) is 0 Å². The molecule has 168 valence electrons. The number of unbranched alkanes of at least 4 members (excludes halogenated alkanes) is 1. The maximum atomic E-state index is 12.2. The van der Waals surface area contributed by atoms with E-state index in [0.29, 0.717) is 29.8 Å². The Bertz CT molecular complexity index is 1060. The minimum atomic E-state index is -0.580. The monoisotopic (exact) mass is 440 g/mol. The van der Waals surface area contributed by atoms with Crippen LogP contribution in [-0.2, 0) is 11.2 Å². The lowest BCUT2D eigenvalue weighted by Gasteiger charge is -2.09. The predicted octanol–water partition coefficient (Wildman–Crippen LogP) is 4.40. The van der Waals surface area contributed by atoms with Crippen LogP contribution in [0.2, 0.25) is 0 Å². The van der Waals surface area contributed by atoms with Crippen molar-refractivity contribution in [2.45, 2.75) is 33.1 Å². The number of nitrogens with zero attached hydrogens (tertiary/aromatic N) is 3. The molecule has 3 aromatic rings. The van der Waals surface area contributed by atoms with Gasteiger partial charge in [-0.25, -0.2) is 0 Å². The van der Waals surface area contributed by atoms with Gasteiger partial charge >= 0.3 is 0 Å². The second-order valence-corrected chi connectivity index (χ2v) is 6.85. The van der Waals surface area contributed by atoms with Crippen LogP contribution in [0.5, 0.6) is 11.5 Å². The third-order valence-electron chi connectivity index (χ3n) is 4.45. The van der Waals surface area contributed by atoms with Gasteiger partial charge in [-0.2, -0.15) is 4.98 Å². The van der Waals surface area contributed by atoms with Gasteiger partial charge in [-0.3, -0.25) is 14.9 Å². The van der Waals surface area contributed by atoms with Crippen molar-refractivity contribution < 1.29 is 23.7 Å². The zero-order chi connectivity index (χ0) is 22.9. The third kappa shape index (κ3) is 6.03. The quantitative estimate of drug-likeness (QED) is 0.343. The van der Waals surface area contributed by atoms with Gasteiger partial charge in [0.15, 0.2) is 6.61 Å².